The van der Waals surface area contributed by atoms with Crippen molar-refractivity contribution in [1.82, 2.24) is 10.2 Å². The summed E-state index contributed by atoms with van der Waals surface area (Å²) in [7, 11) is 0. The zero-order valence-corrected chi connectivity index (χ0v) is 15.9. The molecule has 1 amide bonds. The third-order valence-corrected chi connectivity index (χ3v) is 4.40. The fourth-order valence-electron chi connectivity index (χ4n) is 2.97. The minimum absolute atomic E-state index is 0.209. The Morgan fingerprint density at radius 3 is 2.48 bits per heavy atom. The van der Waals surface area contributed by atoms with Gasteiger partial charge in [0.15, 0.2) is 11.5 Å². The lowest BCUT2D eigenvalue weighted by Gasteiger charge is -2.14. The van der Waals surface area contributed by atoms with Gasteiger partial charge in [-0.3, -0.25) is 9.69 Å². The number of hydrogen-bond acceptors (Lipinski definition) is 4. The van der Waals surface area contributed by atoms with Crippen molar-refractivity contribution < 1.29 is 14.3 Å². The van der Waals surface area contributed by atoms with Crippen molar-refractivity contribution in [1.29, 1.82) is 0 Å². The second kappa shape index (κ2) is 8.43. The molecule has 1 aliphatic rings. The van der Waals surface area contributed by atoms with Gasteiger partial charge in [-0.05, 0) is 69.0 Å². The molecule has 5 heteroatoms. The molecule has 3 rings (SSSR count). The predicted octanol–water partition coefficient (Wildman–Crippen LogP) is 2.93. The SMILES string of the molecule is CC(C)(O)C#Cc1ccc(C(=O)NCc2ccc(CN3CCCC3)cc2)o1. The van der Waals surface area contributed by atoms with Crippen molar-refractivity contribution in [2.45, 2.75) is 45.4 Å². The molecule has 1 aliphatic heterocycles. The summed E-state index contributed by atoms with van der Waals surface area (Å²) < 4.78 is 5.42. The fraction of sp³-hybridized carbons (Fsp3) is 0.409. The molecule has 2 N–H and O–H groups in total. The number of likely N-dealkylation sites (tertiary alicyclic amines) is 1. The number of aliphatic hydroxyl groups is 1. The Balaban J connectivity index is 1.51. The van der Waals surface area contributed by atoms with E-state index >= 15 is 0 Å². The molecule has 0 radical (unpaired) electrons. The van der Waals surface area contributed by atoms with E-state index in [9.17, 15) is 9.90 Å². The van der Waals surface area contributed by atoms with E-state index in [-0.39, 0.29) is 11.7 Å². The van der Waals surface area contributed by atoms with Crippen LogP contribution in [-0.4, -0.2) is 34.6 Å². The van der Waals surface area contributed by atoms with E-state index in [4.69, 9.17) is 4.42 Å². The number of carbonyl (C=O) groups is 1. The number of carbonyl (C=O) groups excluding carboxylic acids is 1. The molecule has 2 heterocycles. The highest BCUT2D eigenvalue weighted by molar-refractivity contribution is 5.91. The molecule has 0 atom stereocenters. The summed E-state index contributed by atoms with van der Waals surface area (Å²) in [4.78, 5) is 14.7. The van der Waals surface area contributed by atoms with Crippen LogP contribution in [0.15, 0.2) is 40.8 Å². The number of rotatable bonds is 5. The third kappa shape index (κ3) is 5.99. The van der Waals surface area contributed by atoms with Crippen molar-refractivity contribution in [3.05, 3.63) is 59.0 Å². The van der Waals surface area contributed by atoms with Gasteiger partial charge in [0, 0.05) is 13.1 Å². The number of nitrogens with one attached hydrogen (secondary N) is 1. The summed E-state index contributed by atoms with van der Waals surface area (Å²) in [6, 6.07) is 11.6. The van der Waals surface area contributed by atoms with E-state index in [1.807, 2.05) is 12.1 Å². The van der Waals surface area contributed by atoms with Crippen molar-refractivity contribution >= 4 is 5.91 Å². The average Bonchev–Trinajstić information content (AvgIpc) is 3.30. The summed E-state index contributed by atoms with van der Waals surface area (Å²) in [5, 5.41) is 12.5. The van der Waals surface area contributed by atoms with E-state index in [1.54, 1.807) is 26.0 Å². The normalized spacial score (nSPS) is 14.6. The van der Waals surface area contributed by atoms with Crippen molar-refractivity contribution in [2.24, 2.45) is 0 Å². The van der Waals surface area contributed by atoms with Crippen LogP contribution in [-0.2, 0) is 13.1 Å². The molecular formula is C22H26N2O3. The number of hydrogen-bond donors (Lipinski definition) is 2. The predicted molar refractivity (Wildman–Crippen MR) is 104 cm³/mol. The Bertz CT molecular complexity index is 829. The lowest BCUT2D eigenvalue weighted by Crippen LogP contribution is -2.22. The molecule has 0 aliphatic carbocycles. The molecule has 2 aromatic rings. The highest BCUT2D eigenvalue weighted by atomic mass is 16.3. The Labute approximate surface area is 160 Å². The average molecular weight is 366 g/mol. The van der Waals surface area contributed by atoms with Gasteiger partial charge in [0.05, 0.1) is 0 Å². The second-order valence-electron chi connectivity index (χ2n) is 7.46. The molecule has 0 unspecified atom stereocenters. The standard InChI is InChI=1S/C22H26N2O3/c1-22(2,26)12-11-19-9-10-20(27-19)21(25)23-15-17-5-7-18(8-6-17)16-24-13-3-4-14-24/h5-10,26H,3-4,13-16H2,1-2H3,(H,23,25). The summed E-state index contributed by atoms with van der Waals surface area (Å²) in [6.07, 6.45) is 2.59. The summed E-state index contributed by atoms with van der Waals surface area (Å²) in [5.74, 6) is 5.65. The van der Waals surface area contributed by atoms with Gasteiger partial charge in [0.25, 0.3) is 5.91 Å². The molecular weight excluding hydrogens is 340 g/mol. The molecule has 1 saturated heterocycles. The summed E-state index contributed by atoms with van der Waals surface area (Å²) in [6.45, 7) is 6.98. The van der Waals surface area contributed by atoms with Crippen molar-refractivity contribution in [2.75, 3.05) is 13.1 Å². The Morgan fingerprint density at radius 2 is 1.81 bits per heavy atom. The van der Waals surface area contributed by atoms with Crippen LogP contribution in [0, 0.1) is 11.8 Å². The Morgan fingerprint density at radius 1 is 1.15 bits per heavy atom. The number of furan rings is 1. The van der Waals surface area contributed by atoms with Crippen LogP contribution in [0.5, 0.6) is 0 Å². The number of amides is 1. The van der Waals surface area contributed by atoms with Gasteiger partial charge in [0.2, 0.25) is 0 Å². The molecule has 0 saturated carbocycles. The first-order valence-electron chi connectivity index (χ1n) is 9.33. The number of benzene rings is 1. The maximum absolute atomic E-state index is 12.2. The molecule has 1 aromatic heterocycles. The van der Waals surface area contributed by atoms with Crippen LogP contribution < -0.4 is 5.32 Å². The molecule has 1 fully saturated rings. The first-order chi connectivity index (χ1) is 12.9. The molecule has 1 aromatic carbocycles. The molecule has 27 heavy (non-hydrogen) atoms. The van der Waals surface area contributed by atoms with Crippen LogP contribution in [0.4, 0.5) is 0 Å². The molecule has 0 spiro atoms. The van der Waals surface area contributed by atoms with E-state index in [0.717, 1.165) is 12.1 Å². The van der Waals surface area contributed by atoms with Crippen LogP contribution in [0.25, 0.3) is 0 Å². The lowest BCUT2D eigenvalue weighted by molar-refractivity contribution is 0.0922. The monoisotopic (exact) mass is 366 g/mol. The Hall–Kier alpha value is -2.55. The number of nitrogens with zero attached hydrogens (tertiary/aromatic N) is 1. The first kappa shape index (κ1) is 19.2. The third-order valence-electron chi connectivity index (χ3n) is 4.40. The quantitative estimate of drug-likeness (QED) is 0.799. The zero-order valence-electron chi connectivity index (χ0n) is 15.9. The van der Waals surface area contributed by atoms with Gasteiger partial charge in [-0.25, -0.2) is 0 Å². The molecule has 0 bridgehead atoms. The molecule has 5 nitrogen and oxygen atoms in total. The highest BCUT2D eigenvalue weighted by Gasteiger charge is 2.13. The zero-order chi connectivity index (χ0) is 19.3. The summed E-state index contributed by atoms with van der Waals surface area (Å²) in [5.41, 5.74) is 1.24. The van der Waals surface area contributed by atoms with Gasteiger partial charge >= 0.3 is 0 Å². The van der Waals surface area contributed by atoms with Crippen molar-refractivity contribution in [3.63, 3.8) is 0 Å². The van der Waals surface area contributed by atoms with Gasteiger partial charge in [-0.2, -0.15) is 0 Å². The van der Waals surface area contributed by atoms with E-state index in [1.165, 1.54) is 31.5 Å². The van der Waals surface area contributed by atoms with E-state index in [0.29, 0.717) is 12.3 Å². The highest BCUT2D eigenvalue weighted by Crippen LogP contribution is 2.14. The van der Waals surface area contributed by atoms with Crippen LogP contribution >= 0.6 is 0 Å². The lowest BCUT2D eigenvalue weighted by atomic mass is 10.1. The van der Waals surface area contributed by atoms with Gasteiger partial charge < -0.3 is 14.8 Å². The second-order valence-corrected chi connectivity index (χ2v) is 7.46. The van der Waals surface area contributed by atoms with Gasteiger partial charge in [0.1, 0.15) is 5.60 Å². The minimum atomic E-state index is -1.10. The maximum Gasteiger partial charge on any atom is 0.287 e. The fourth-order valence-corrected chi connectivity index (χ4v) is 2.97. The first-order valence-corrected chi connectivity index (χ1v) is 9.33. The van der Waals surface area contributed by atoms with Crippen LogP contribution in [0.3, 0.4) is 0 Å². The minimum Gasteiger partial charge on any atom is -0.443 e. The molecule has 142 valence electrons. The van der Waals surface area contributed by atoms with Crippen molar-refractivity contribution in [3.8, 4) is 11.8 Å². The summed E-state index contributed by atoms with van der Waals surface area (Å²) >= 11 is 0. The van der Waals surface area contributed by atoms with E-state index < -0.39 is 5.60 Å². The smallest absolute Gasteiger partial charge is 0.287 e. The van der Waals surface area contributed by atoms with Gasteiger partial charge in [-0.1, -0.05) is 30.2 Å². The Kier molecular flexibility index (Phi) is 6.00. The van der Waals surface area contributed by atoms with Crippen LogP contribution in [0.1, 0.15) is 54.1 Å². The van der Waals surface area contributed by atoms with Crippen LogP contribution in [0.2, 0.25) is 0 Å². The largest absolute Gasteiger partial charge is 0.443 e. The maximum atomic E-state index is 12.2. The topological polar surface area (TPSA) is 65.7 Å². The van der Waals surface area contributed by atoms with E-state index in [2.05, 4.69) is 34.2 Å². The van der Waals surface area contributed by atoms with Gasteiger partial charge in [-0.15, -0.1) is 0 Å².